The quantitative estimate of drug-likeness (QED) is 0.0170. The number of carbonyl (C=O) groups is 2. The molecule has 0 spiro atoms. The lowest BCUT2D eigenvalue weighted by Crippen LogP contribution is -2.39. The zero-order valence-electron chi connectivity index (χ0n) is 40.1. The van der Waals surface area contributed by atoms with Gasteiger partial charge in [0.05, 0.1) is 41.1 Å². The number of halogens is 1. The summed E-state index contributed by atoms with van der Waals surface area (Å²) in [7, 11) is -4.34. The highest BCUT2D eigenvalue weighted by molar-refractivity contribution is 7.92. The number of fused-ring (bicyclic) bond motifs is 1. The molecular formula is C54H65ClN4O10S. The van der Waals surface area contributed by atoms with Gasteiger partial charge in [-0.1, -0.05) is 176 Å². The van der Waals surface area contributed by atoms with Crippen molar-refractivity contribution in [2.45, 2.75) is 134 Å². The van der Waals surface area contributed by atoms with E-state index >= 15 is 0 Å². The highest BCUT2D eigenvalue weighted by atomic mass is 35.5. The molecule has 70 heavy (non-hydrogen) atoms. The van der Waals surface area contributed by atoms with Crippen LogP contribution in [-0.4, -0.2) is 47.6 Å². The van der Waals surface area contributed by atoms with Crippen LogP contribution in [0.1, 0.15) is 139 Å². The molecular weight excluding hydrogens is 932 g/mol. The lowest BCUT2D eigenvalue weighted by Gasteiger charge is -2.20. The summed E-state index contributed by atoms with van der Waals surface area (Å²) in [6.45, 7) is 4.01. The molecule has 2 heterocycles. The van der Waals surface area contributed by atoms with Crippen LogP contribution in [0.3, 0.4) is 0 Å². The number of hydrogen-bond donors (Lipinski definition) is 3. The fourth-order valence-corrected chi connectivity index (χ4v) is 9.79. The van der Waals surface area contributed by atoms with Crippen molar-refractivity contribution in [3.63, 3.8) is 0 Å². The molecule has 6 aromatic rings. The van der Waals surface area contributed by atoms with E-state index in [0.29, 0.717) is 16.6 Å². The average Bonchev–Trinajstić information content (AvgIpc) is 3.57. The maximum atomic E-state index is 15.0. The number of aromatic hydroxyl groups is 1. The minimum absolute atomic E-state index is 0.00454. The number of aromatic nitrogens is 2. The van der Waals surface area contributed by atoms with Crippen molar-refractivity contribution in [2.75, 3.05) is 23.3 Å². The van der Waals surface area contributed by atoms with Crippen LogP contribution in [0.25, 0.3) is 11.0 Å². The molecule has 0 fully saturated rings. The number of rotatable bonds is 30. The van der Waals surface area contributed by atoms with Crippen molar-refractivity contribution in [3.05, 3.63) is 140 Å². The summed E-state index contributed by atoms with van der Waals surface area (Å²) < 4.78 is 49.2. The SMILES string of the molecule is CCCCCCCCCCCCCCCCCCOc1ccc(S(=O)(=O)Nc2ccccc2Cl)cc1NC(=O)C(C(=O)c1cc(=O)oc2ccccc12)n1c(O)c(OCC)n(Cc2ccccc2)c1=O. The molecule has 0 aliphatic heterocycles. The van der Waals surface area contributed by atoms with Crippen LogP contribution < -0.4 is 30.8 Å². The number of nitrogens with zero attached hydrogens (tertiary/aromatic N) is 2. The van der Waals surface area contributed by atoms with Crippen LogP contribution in [0.5, 0.6) is 17.5 Å². The van der Waals surface area contributed by atoms with E-state index in [0.717, 1.165) is 36.3 Å². The van der Waals surface area contributed by atoms with Crippen LogP contribution >= 0.6 is 11.6 Å². The molecule has 16 heteroatoms. The molecule has 3 N–H and O–H groups in total. The Bertz CT molecular complexity index is 2900. The lowest BCUT2D eigenvalue weighted by molar-refractivity contribution is -0.118. The molecule has 14 nitrogen and oxygen atoms in total. The van der Waals surface area contributed by atoms with E-state index in [4.69, 9.17) is 25.5 Å². The highest BCUT2D eigenvalue weighted by Crippen LogP contribution is 2.35. The number of imidazole rings is 1. The van der Waals surface area contributed by atoms with Crippen LogP contribution in [0.15, 0.2) is 122 Å². The largest absolute Gasteiger partial charge is 0.491 e. The minimum Gasteiger partial charge on any atom is -0.491 e. The molecule has 4 aromatic carbocycles. The fraction of sp³-hybridized carbons (Fsp3) is 0.407. The molecule has 374 valence electrons. The predicted molar refractivity (Wildman–Crippen MR) is 275 cm³/mol. The Morgan fingerprint density at radius 3 is 1.96 bits per heavy atom. The van der Waals surface area contributed by atoms with E-state index in [1.165, 1.54) is 113 Å². The number of ketones is 1. The summed E-state index contributed by atoms with van der Waals surface area (Å²) in [5.41, 5.74) is -1.50. The van der Waals surface area contributed by atoms with Gasteiger partial charge in [0.1, 0.15) is 11.3 Å². The number of Topliss-reactive ketones (excluding diaryl/α,β-unsaturated/α-hetero) is 1. The maximum absolute atomic E-state index is 15.0. The van der Waals surface area contributed by atoms with Crippen molar-refractivity contribution in [1.82, 2.24) is 9.13 Å². The predicted octanol–water partition coefficient (Wildman–Crippen LogP) is 12.1. The first kappa shape index (κ1) is 53.0. The Balaban J connectivity index is 1.26. The minimum atomic E-state index is -4.34. The molecule has 0 aliphatic carbocycles. The number of nitrogens with one attached hydrogen (secondary N) is 2. The van der Waals surface area contributed by atoms with E-state index in [2.05, 4.69) is 17.0 Å². The average molecular weight is 998 g/mol. The topological polar surface area (TPSA) is 188 Å². The highest BCUT2D eigenvalue weighted by Gasteiger charge is 2.38. The fourth-order valence-electron chi connectivity index (χ4n) is 8.45. The van der Waals surface area contributed by atoms with Crippen LogP contribution in [0.4, 0.5) is 11.4 Å². The summed E-state index contributed by atoms with van der Waals surface area (Å²) in [4.78, 5) is 57.1. The third kappa shape index (κ3) is 14.4. The maximum Gasteiger partial charge on any atom is 0.336 e. The monoisotopic (exact) mass is 996 g/mol. The van der Waals surface area contributed by atoms with Crippen LogP contribution in [0.2, 0.25) is 5.02 Å². The number of para-hydroxylation sites is 2. The van der Waals surface area contributed by atoms with Gasteiger partial charge in [-0.05, 0) is 55.3 Å². The molecule has 0 saturated heterocycles. The second kappa shape index (κ2) is 26.6. The van der Waals surface area contributed by atoms with E-state index in [1.54, 1.807) is 61.5 Å². The zero-order valence-corrected chi connectivity index (χ0v) is 41.7. The molecule has 1 amide bonds. The van der Waals surface area contributed by atoms with Gasteiger partial charge in [-0.25, -0.2) is 22.6 Å². The zero-order chi connectivity index (χ0) is 49.9. The molecule has 1 unspecified atom stereocenters. The summed E-state index contributed by atoms with van der Waals surface area (Å²) >= 11 is 6.31. The second-order valence-corrected chi connectivity index (χ2v) is 19.5. The number of hydrogen-bond acceptors (Lipinski definition) is 10. The van der Waals surface area contributed by atoms with Crippen molar-refractivity contribution in [3.8, 4) is 17.5 Å². The van der Waals surface area contributed by atoms with E-state index < -0.39 is 45.0 Å². The van der Waals surface area contributed by atoms with E-state index in [9.17, 15) is 32.7 Å². The van der Waals surface area contributed by atoms with Gasteiger partial charge < -0.3 is 24.3 Å². The first-order valence-corrected chi connectivity index (χ1v) is 26.4. The van der Waals surface area contributed by atoms with Gasteiger partial charge in [-0.15, -0.1) is 0 Å². The number of benzene rings is 4. The Morgan fingerprint density at radius 1 is 0.714 bits per heavy atom. The molecule has 1 atom stereocenters. The van der Waals surface area contributed by atoms with Crippen molar-refractivity contribution >= 4 is 55.7 Å². The van der Waals surface area contributed by atoms with Gasteiger partial charge in [0.15, 0.2) is 11.8 Å². The molecule has 0 aliphatic rings. The van der Waals surface area contributed by atoms with Gasteiger partial charge in [0.25, 0.3) is 27.7 Å². The van der Waals surface area contributed by atoms with E-state index in [1.807, 2.05) is 0 Å². The number of ether oxygens (including phenoxy) is 2. The number of carbonyl (C=O) groups excluding carboxylic acids is 2. The van der Waals surface area contributed by atoms with Crippen molar-refractivity contribution in [2.24, 2.45) is 0 Å². The Hall–Kier alpha value is -6.32. The standard InChI is InChI=1S/C54H65ClN4O10S/c1-3-5-6-7-8-9-10-11-12-13-14-15-16-17-18-26-35-68-47-34-33-40(70(65,66)57-44-31-24-23-30-43(44)55)36-45(47)56-51(62)49(50(61)42-37-48(60)69-46-32-25-22-29-41(42)46)59-52(63)53(67-4-2)58(54(59)64)38-39-27-20-19-21-28-39/h19-25,27-34,36-37,49,57,63H,3-18,26,35,38H2,1-2H3,(H,56,62). The first-order valence-electron chi connectivity index (χ1n) is 24.6. The normalized spacial score (nSPS) is 11.9. The number of amides is 1. The molecule has 2 aromatic heterocycles. The second-order valence-electron chi connectivity index (χ2n) is 17.4. The first-order chi connectivity index (χ1) is 33.9. The van der Waals surface area contributed by atoms with Crippen molar-refractivity contribution in [1.29, 1.82) is 0 Å². The van der Waals surface area contributed by atoms with Gasteiger partial charge >= 0.3 is 11.3 Å². The smallest absolute Gasteiger partial charge is 0.336 e. The Labute approximate surface area is 415 Å². The summed E-state index contributed by atoms with van der Waals surface area (Å²) in [6.07, 6.45) is 19.2. The summed E-state index contributed by atoms with van der Waals surface area (Å²) in [5, 5.41) is 14.8. The summed E-state index contributed by atoms with van der Waals surface area (Å²) in [6, 6.07) is 23.9. The van der Waals surface area contributed by atoms with Gasteiger partial charge in [0, 0.05) is 17.0 Å². The van der Waals surface area contributed by atoms with E-state index in [-0.39, 0.29) is 69.2 Å². The van der Waals surface area contributed by atoms with Crippen LogP contribution in [-0.2, 0) is 21.4 Å². The molecule has 0 saturated carbocycles. The van der Waals surface area contributed by atoms with Gasteiger partial charge in [-0.2, -0.15) is 0 Å². The summed E-state index contributed by atoms with van der Waals surface area (Å²) in [5.74, 6) is -3.28. The van der Waals surface area contributed by atoms with Crippen LogP contribution in [0, 0.1) is 0 Å². The number of anilines is 2. The van der Waals surface area contributed by atoms with Gasteiger partial charge in [-0.3, -0.25) is 18.9 Å². The third-order valence-corrected chi connectivity index (χ3v) is 13.8. The molecule has 0 bridgehead atoms. The third-order valence-electron chi connectivity index (χ3n) is 12.1. The van der Waals surface area contributed by atoms with Crippen molar-refractivity contribution < 1.29 is 37.0 Å². The molecule has 6 rings (SSSR count). The van der Waals surface area contributed by atoms with Gasteiger partial charge in [0.2, 0.25) is 0 Å². The number of sulfonamides is 1. The lowest BCUT2D eigenvalue weighted by atomic mass is 10.00. The number of unbranched alkanes of at least 4 members (excludes halogenated alkanes) is 15. The Morgan fingerprint density at radius 2 is 1.31 bits per heavy atom. The Kier molecular flexibility index (Phi) is 20.2. The molecule has 0 radical (unpaired) electrons.